The van der Waals surface area contributed by atoms with E-state index in [1.54, 1.807) is 58.7 Å². The van der Waals surface area contributed by atoms with E-state index in [2.05, 4.69) is 0 Å². The molecule has 4 nitrogen and oxygen atoms in total. The van der Waals surface area contributed by atoms with Gasteiger partial charge in [-0.2, -0.15) is 0 Å². The first-order valence-corrected chi connectivity index (χ1v) is 9.70. The number of fused-ring (bicyclic) bond motifs is 1. The maximum Gasteiger partial charge on any atom is 0.264 e. The topological polar surface area (TPSA) is 57.6 Å². The van der Waals surface area contributed by atoms with Gasteiger partial charge in [-0.15, -0.1) is 11.3 Å². The maximum atomic E-state index is 13.1. The van der Waals surface area contributed by atoms with Crippen LogP contribution in [0.1, 0.15) is 27.2 Å². The van der Waals surface area contributed by atoms with Crippen LogP contribution in [-0.2, 0) is 16.9 Å². The smallest absolute Gasteiger partial charge is 0.264 e. The lowest BCUT2D eigenvalue weighted by Crippen LogP contribution is -2.41. The highest BCUT2D eigenvalue weighted by Gasteiger charge is 2.50. The van der Waals surface area contributed by atoms with E-state index >= 15 is 0 Å². The molecule has 2 heterocycles. The third-order valence-electron chi connectivity index (χ3n) is 4.72. The zero-order valence-corrected chi connectivity index (χ0v) is 15.8. The largest absolute Gasteiger partial charge is 0.375 e. The average molecular weight is 398 g/mol. The standard InChI is InChI=1S/C21H16ClNO3S/c22-15-9-7-14(8-10-15)19(24)12-21(26)17-5-1-2-6-18(17)23(20(21)25)13-16-4-3-11-27-16/h1-11,26H,12-13H2. The SMILES string of the molecule is O=C(CC1(O)C(=O)N(Cc2cccs2)c2ccccc21)c1ccc(Cl)cc1. The zero-order valence-electron chi connectivity index (χ0n) is 14.3. The van der Waals surface area contributed by atoms with Crippen LogP contribution in [0.5, 0.6) is 0 Å². The van der Waals surface area contributed by atoms with Gasteiger partial charge in [-0.1, -0.05) is 35.9 Å². The first-order valence-electron chi connectivity index (χ1n) is 8.44. The molecule has 1 aliphatic rings. The number of para-hydroxylation sites is 1. The van der Waals surface area contributed by atoms with E-state index in [1.807, 2.05) is 23.6 Å². The third-order valence-corrected chi connectivity index (χ3v) is 5.83. The fraction of sp³-hybridized carbons (Fsp3) is 0.143. The fourth-order valence-corrected chi connectivity index (χ4v) is 4.18. The van der Waals surface area contributed by atoms with Gasteiger partial charge in [-0.05, 0) is 41.8 Å². The number of carbonyl (C=O) groups is 2. The summed E-state index contributed by atoms with van der Waals surface area (Å²) in [6, 6.07) is 17.4. The number of ketones is 1. The third kappa shape index (κ3) is 3.18. The van der Waals surface area contributed by atoms with E-state index in [9.17, 15) is 14.7 Å². The molecule has 1 unspecified atom stereocenters. The van der Waals surface area contributed by atoms with Gasteiger partial charge in [0.15, 0.2) is 11.4 Å². The van der Waals surface area contributed by atoms with Gasteiger partial charge in [0.25, 0.3) is 5.91 Å². The summed E-state index contributed by atoms with van der Waals surface area (Å²) in [6.07, 6.45) is -0.314. The van der Waals surface area contributed by atoms with Crippen LogP contribution in [0.25, 0.3) is 0 Å². The number of Topliss-reactive ketones (excluding diaryl/α,β-unsaturated/α-hetero) is 1. The number of halogens is 1. The average Bonchev–Trinajstić information content (AvgIpc) is 3.25. The van der Waals surface area contributed by atoms with Crippen molar-refractivity contribution in [3.8, 4) is 0 Å². The van der Waals surface area contributed by atoms with E-state index in [0.717, 1.165) is 4.88 Å². The van der Waals surface area contributed by atoms with Crippen molar-refractivity contribution in [2.45, 2.75) is 18.6 Å². The molecule has 0 saturated heterocycles. The van der Waals surface area contributed by atoms with Gasteiger partial charge in [-0.3, -0.25) is 9.59 Å². The van der Waals surface area contributed by atoms with Crippen LogP contribution in [0.3, 0.4) is 0 Å². The maximum absolute atomic E-state index is 13.1. The highest BCUT2D eigenvalue weighted by molar-refractivity contribution is 7.09. The summed E-state index contributed by atoms with van der Waals surface area (Å²) in [4.78, 5) is 28.4. The van der Waals surface area contributed by atoms with E-state index in [-0.39, 0.29) is 12.2 Å². The molecule has 1 atom stereocenters. The summed E-state index contributed by atoms with van der Waals surface area (Å²) in [5.74, 6) is -0.783. The molecule has 27 heavy (non-hydrogen) atoms. The fourth-order valence-electron chi connectivity index (χ4n) is 3.36. The number of carbonyl (C=O) groups excluding carboxylic acids is 2. The Bertz CT molecular complexity index is 1000. The van der Waals surface area contributed by atoms with E-state index in [4.69, 9.17) is 11.6 Å². The highest BCUT2D eigenvalue weighted by Crippen LogP contribution is 2.43. The Balaban J connectivity index is 1.68. The normalized spacial score (nSPS) is 18.6. The molecule has 0 radical (unpaired) electrons. The van der Waals surface area contributed by atoms with Gasteiger partial charge < -0.3 is 10.0 Å². The Morgan fingerprint density at radius 3 is 2.52 bits per heavy atom. The molecular weight excluding hydrogens is 382 g/mol. The second-order valence-corrected chi connectivity index (χ2v) is 7.92. The van der Waals surface area contributed by atoms with Crippen molar-refractivity contribution in [2.24, 2.45) is 0 Å². The van der Waals surface area contributed by atoms with Crippen molar-refractivity contribution < 1.29 is 14.7 Å². The minimum absolute atomic E-state index is 0.310. The summed E-state index contributed by atoms with van der Waals surface area (Å²) in [5, 5.41) is 13.7. The van der Waals surface area contributed by atoms with Crippen LogP contribution in [-0.4, -0.2) is 16.8 Å². The molecule has 0 bridgehead atoms. The number of rotatable bonds is 5. The number of amides is 1. The number of benzene rings is 2. The molecule has 0 aliphatic carbocycles. The van der Waals surface area contributed by atoms with E-state index < -0.39 is 11.5 Å². The van der Waals surface area contributed by atoms with Crippen LogP contribution in [0, 0.1) is 0 Å². The molecule has 0 spiro atoms. The lowest BCUT2D eigenvalue weighted by atomic mass is 9.88. The van der Waals surface area contributed by atoms with Crippen LogP contribution in [0.15, 0.2) is 66.0 Å². The van der Waals surface area contributed by atoms with Gasteiger partial charge in [0.05, 0.1) is 18.7 Å². The minimum Gasteiger partial charge on any atom is -0.375 e. The number of hydrogen-bond acceptors (Lipinski definition) is 4. The molecule has 3 aromatic rings. The Morgan fingerprint density at radius 1 is 1.07 bits per heavy atom. The first kappa shape index (κ1) is 17.9. The molecule has 0 saturated carbocycles. The van der Waals surface area contributed by atoms with Crippen molar-refractivity contribution in [1.82, 2.24) is 0 Å². The van der Waals surface area contributed by atoms with E-state index in [1.165, 1.54) is 0 Å². The monoisotopic (exact) mass is 397 g/mol. The van der Waals surface area contributed by atoms with Gasteiger partial charge in [0.1, 0.15) is 0 Å². The van der Waals surface area contributed by atoms with Crippen LogP contribution < -0.4 is 4.90 Å². The molecule has 1 aliphatic heterocycles. The number of aliphatic hydroxyl groups is 1. The number of thiophene rings is 1. The summed E-state index contributed by atoms with van der Waals surface area (Å²) < 4.78 is 0. The Hall–Kier alpha value is -2.47. The number of anilines is 1. The predicted octanol–water partition coefficient (Wildman–Crippen LogP) is 4.41. The second kappa shape index (κ2) is 6.93. The van der Waals surface area contributed by atoms with Gasteiger partial charge in [-0.25, -0.2) is 0 Å². The summed E-state index contributed by atoms with van der Waals surface area (Å²) in [6.45, 7) is 0.366. The molecule has 1 N–H and O–H groups in total. The van der Waals surface area contributed by atoms with Crippen molar-refractivity contribution in [3.05, 3.63) is 87.1 Å². The van der Waals surface area contributed by atoms with Gasteiger partial charge >= 0.3 is 0 Å². The van der Waals surface area contributed by atoms with Crippen molar-refractivity contribution >= 4 is 40.3 Å². The zero-order chi connectivity index (χ0) is 19.0. The predicted molar refractivity (Wildman–Crippen MR) is 106 cm³/mol. The van der Waals surface area contributed by atoms with Crippen molar-refractivity contribution in [1.29, 1.82) is 0 Å². The van der Waals surface area contributed by atoms with Gasteiger partial charge in [0, 0.05) is 21.0 Å². The molecular formula is C21H16ClNO3S. The molecule has 2 aromatic carbocycles. The molecule has 136 valence electrons. The van der Waals surface area contributed by atoms with Gasteiger partial charge in [0.2, 0.25) is 0 Å². The molecule has 6 heteroatoms. The van der Waals surface area contributed by atoms with Crippen LogP contribution in [0.2, 0.25) is 5.02 Å². The summed E-state index contributed by atoms with van der Waals surface area (Å²) in [7, 11) is 0. The minimum atomic E-state index is -1.87. The van der Waals surface area contributed by atoms with E-state index in [0.29, 0.717) is 28.4 Å². The Kier molecular flexibility index (Phi) is 4.60. The van der Waals surface area contributed by atoms with Crippen molar-refractivity contribution in [2.75, 3.05) is 4.90 Å². The molecule has 4 rings (SSSR count). The van der Waals surface area contributed by atoms with Crippen molar-refractivity contribution in [3.63, 3.8) is 0 Å². The molecule has 1 aromatic heterocycles. The highest BCUT2D eigenvalue weighted by atomic mass is 35.5. The van der Waals surface area contributed by atoms with Crippen LogP contribution >= 0.6 is 22.9 Å². The second-order valence-electron chi connectivity index (χ2n) is 6.45. The van der Waals surface area contributed by atoms with Crippen LogP contribution in [0.4, 0.5) is 5.69 Å². The Morgan fingerprint density at radius 2 is 1.81 bits per heavy atom. The number of hydrogen-bond donors (Lipinski definition) is 1. The first-order chi connectivity index (χ1) is 13.0. The lowest BCUT2D eigenvalue weighted by Gasteiger charge is -2.22. The molecule has 1 amide bonds. The summed E-state index contributed by atoms with van der Waals surface area (Å²) >= 11 is 7.41. The number of nitrogens with zero attached hydrogens (tertiary/aromatic N) is 1. The lowest BCUT2D eigenvalue weighted by molar-refractivity contribution is -0.136. The summed E-state index contributed by atoms with van der Waals surface area (Å²) in [5.41, 5.74) is -0.351. The quantitative estimate of drug-likeness (QED) is 0.649. The molecule has 0 fully saturated rings. The Labute approximate surface area is 165 Å².